The van der Waals surface area contributed by atoms with E-state index in [1.807, 2.05) is 0 Å². The molecule has 1 aliphatic carbocycles. The average molecular weight is 1100 g/mol. The summed E-state index contributed by atoms with van der Waals surface area (Å²) in [5, 5.41) is 21.9. The van der Waals surface area contributed by atoms with E-state index in [1.165, 1.54) is 77.0 Å². The third kappa shape index (κ3) is 36.4. The van der Waals surface area contributed by atoms with E-state index in [9.17, 15) is 72.3 Å². The molecule has 26 heteroatoms. The van der Waals surface area contributed by atoms with Crippen LogP contribution in [-0.2, 0) is 59.9 Å². The lowest BCUT2D eigenvalue weighted by atomic mass is 9.85. The number of rotatable bonds is 44. The van der Waals surface area contributed by atoms with Gasteiger partial charge in [-0.15, -0.1) is 0 Å². The van der Waals surface area contributed by atoms with Crippen molar-refractivity contribution >= 4 is 43.2 Å². The number of phosphoric acid groups is 4. The van der Waals surface area contributed by atoms with Crippen molar-refractivity contribution in [3.63, 3.8) is 0 Å². The van der Waals surface area contributed by atoms with Crippen molar-refractivity contribution in [1.29, 1.82) is 0 Å². The molecule has 1 saturated carbocycles. The molecule has 0 aromatic rings. The van der Waals surface area contributed by atoms with Crippen LogP contribution in [-0.4, -0.2) is 112 Å². The fourth-order valence-corrected chi connectivity index (χ4v) is 10.4. The zero-order chi connectivity index (χ0) is 53.2. The number of carbonyl (C=O) groups is 2. The largest absolute Gasteiger partial charge is 0.472 e. The van der Waals surface area contributed by atoms with Gasteiger partial charge in [0, 0.05) is 12.8 Å². The molecule has 1 rings (SSSR count). The van der Waals surface area contributed by atoms with Crippen molar-refractivity contribution in [2.75, 3.05) is 13.2 Å². The lowest BCUT2D eigenvalue weighted by Gasteiger charge is -2.45. The van der Waals surface area contributed by atoms with Crippen molar-refractivity contribution in [3.05, 3.63) is 24.3 Å². The molecular weight excluding hydrogens is 1020 g/mol. The van der Waals surface area contributed by atoms with Crippen molar-refractivity contribution < 1.29 is 104 Å². The Bertz CT molecular complexity index is 1650. The Labute approximate surface area is 420 Å². The zero-order valence-electron chi connectivity index (χ0n) is 41.7. The number of esters is 2. The van der Waals surface area contributed by atoms with Gasteiger partial charge < -0.3 is 53.9 Å². The summed E-state index contributed by atoms with van der Waals surface area (Å²) in [5.74, 6) is -1.42. The van der Waals surface area contributed by atoms with Gasteiger partial charge in [-0.1, -0.05) is 141 Å². The molecule has 1 unspecified atom stereocenters. The van der Waals surface area contributed by atoms with Crippen molar-refractivity contribution in [2.45, 2.75) is 236 Å². The lowest BCUT2D eigenvalue weighted by Crippen LogP contribution is -2.65. The van der Waals surface area contributed by atoms with Crippen LogP contribution in [0.25, 0.3) is 0 Å². The second-order valence-corrected chi connectivity index (χ2v) is 22.9. The number of unbranched alkanes of at least 4 members (excludes halogenated alkanes) is 22. The molecule has 9 N–H and O–H groups in total. The molecule has 71 heavy (non-hydrogen) atoms. The number of ether oxygens (including phenoxy) is 2. The first-order valence-electron chi connectivity index (χ1n) is 25.4. The number of phosphoric ester groups is 4. The summed E-state index contributed by atoms with van der Waals surface area (Å²) in [6.07, 6.45) is 18.1. The number of aliphatic hydroxyl groups is 2. The Morgan fingerprint density at radius 1 is 0.437 bits per heavy atom. The summed E-state index contributed by atoms with van der Waals surface area (Å²) < 4.78 is 82.2. The molecule has 0 saturated heterocycles. The predicted molar refractivity (Wildman–Crippen MR) is 263 cm³/mol. The molecule has 0 heterocycles. The molecule has 418 valence electrons. The second kappa shape index (κ2) is 38.3. The lowest BCUT2D eigenvalue weighted by molar-refractivity contribution is -0.209. The maximum Gasteiger partial charge on any atom is 0.472 e. The Morgan fingerprint density at radius 3 is 1.15 bits per heavy atom. The first-order valence-corrected chi connectivity index (χ1v) is 31.5. The van der Waals surface area contributed by atoms with Crippen LogP contribution in [0, 0.1) is 0 Å². The van der Waals surface area contributed by atoms with Gasteiger partial charge in [0.1, 0.15) is 43.2 Å². The first-order chi connectivity index (χ1) is 33.5. The van der Waals surface area contributed by atoms with Crippen LogP contribution >= 0.6 is 31.3 Å². The third-order valence-electron chi connectivity index (χ3n) is 11.5. The van der Waals surface area contributed by atoms with E-state index in [2.05, 4.69) is 51.7 Å². The minimum atomic E-state index is -5.79. The SMILES string of the molecule is CCCCCCCC/C=C\CCCCCCCC(=O)OC[C@H](COP(=O)(O)O[C@H]1[C@@H](O)[C@@H](OP(=O)(O)O)[C@H](OP(=O)(O)O)[C@@H](OP(=O)(O)O)[C@@H]1O)OC(=O)CCCCCCC/C=C\CCCCCCCC. The molecule has 8 atom stereocenters. The number of aliphatic hydroxyl groups excluding tert-OH is 2. The van der Waals surface area contributed by atoms with Gasteiger partial charge in [0.25, 0.3) is 0 Å². The average Bonchev–Trinajstić information content (AvgIpc) is 3.27. The van der Waals surface area contributed by atoms with Gasteiger partial charge in [0.15, 0.2) is 6.10 Å². The van der Waals surface area contributed by atoms with Gasteiger partial charge in [-0.3, -0.25) is 32.2 Å². The van der Waals surface area contributed by atoms with Gasteiger partial charge >= 0.3 is 43.2 Å². The van der Waals surface area contributed by atoms with Crippen LogP contribution < -0.4 is 0 Å². The van der Waals surface area contributed by atoms with E-state index in [-0.39, 0.29) is 12.8 Å². The summed E-state index contributed by atoms with van der Waals surface area (Å²) in [6, 6.07) is 0. The van der Waals surface area contributed by atoms with E-state index in [4.69, 9.17) is 18.5 Å². The smallest absolute Gasteiger partial charge is 0.462 e. The highest BCUT2D eigenvalue weighted by Crippen LogP contribution is 2.53. The van der Waals surface area contributed by atoms with Crippen LogP contribution in [0.2, 0.25) is 0 Å². The van der Waals surface area contributed by atoms with E-state index >= 15 is 0 Å². The van der Waals surface area contributed by atoms with Crippen molar-refractivity contribution in [1.82, 2.24) is 0 Å². The monoisotopic (exact) mass is 1100 g/mol. The normalized spacial score (nSPS) is 21.5. The molecule has 22 nitrogen and oxygen atoms in total. The summed E-state index contributed by atoms with van der Waals surface area (Å²) in [6.45, 7) is 2.74. The standard InChI is InChI=1S/C45H86O22P4/c1-3-5-7-9-11-13-15-17-19-21-23-25-27-29-31-33-38(46)61-35-37(63-39(47)34-32-30-28-26-24-22-20-18-16-14-12-10-8-6-4-2)36-62-71(59,60)67-42-40(48)43(64-68(50,51)52)45(66-70(56,57)58)44(41(42)49)65-69(53,54)55/h17-20,37,40-45,48-49H,3-16,21-36H2,1-2H3,(H,59,60)(H2,50,51,52)(H2,53,54,55)(H2,56,57,58)/b19-17-,20-18-/t37-,40-,41-,42-,43+,44-,45-/m1/s1. The molecule has 1 fully saturated rings. The fourth-order valence-electron chi connectivity index (χ4n) is 7.78. The molecule has 0 aliphatic heterocycles. The van der Waals surface area contributed by atoms with Crippen LogP contribution in [0.4, 0.5) is 0 Å². The quantitative estimate of drug-likeness (QED) is 0.0119. The predicted octanol–water partition coefficient (Wildman–Crippen LogP) is 9.19. The van der Waals surface area contributed by atoms with Gasteiger partial charge in [0.05, 0.1) is 6.61 Å². The van der Waals surface area contributed by atoms with Gasteiger partial charge in [0.2, 0.25) is 0 Å². The minimum absolute atomic E-state index is 0.0239. The van der Waals surface area contributed by atoms with Crippen LogP contribution in [0.5, 0.6) is 0 Å². The Balaban J connectivity index is 2.89. The van der Waals surface area contributed by atoms with E-state index in [0.717, 1.165) is 70.6 Å². The molecule has 0 radical (unpaired) electrons. The summed E-state index contributed by atoms with van der Waals surface area (Å²) in [5.41, 5.74) is 0. The van der Waals surface area contributed by atoms with Gasteiger partial charge in [-0.05, 0) is 64.2 Å². The van der Waals surface area contributed by atoms with Crippen LogP contribution in [0.1, 0.15) is 194 Å². The Kier molecular flexibility index (Phi) is 36.6. The Hall–Kier alpha value is -1.22. The molecular formula is C45H86O22P4. The van der Waals surface area contributed by atoms with Gasteiger partial charge in [-0.25, -0.2) is 18.3 Å². The molecule has 0 aromatic heterocycles. The molecule has 0 amide bonds. The maximum atomic E-state index is 13.3. The van der Waals surface area contributed by atoms with E-state index in [1.54, 1.807) is 0 Å². The number of allylic oxidation sites excluding steroid dienone is 4. The van der Waals surface area contributed by atoms with E-state index in [0.29, 0.717) is 19.3 Å². The van der Waals surface area contributed by atoms with Crippen molar-refractivity contribution in [3.8, 4) is 0 Å². The van der Waals surface area contributed by atoms with E-state index < -0.39 is 99.2 Å². The maximum absolute atomic E-state index is 13.3. The highest BCUT2D eigenvalue weighted by molar-refractivity contribution is 7.47. The molecule has 0 spiro atoms. The fraction of sp³-hybridized carbons (Fsp3) is 0.867. The highest BCUT2D eigenvalue weighted by Gasteiger charge is 2.59. The summed E-state index contributed by atoms with van der Waals surface area (Å²) >= 11 is 0. The minimum Gasteiger partial charge on any atom is -0.462 e. The van der Waals surface area contributed by atoms with Crippen LogP contribution in [0.3, 0.4) is 0 Å². The van der Waals surface area contributed by atoms with Crippen LogP contribution in [0.15, 0.2) is 24.3 Å². The van der Waals surface area contributed by atoms with Gasteiger partial charge in [-0.2, -0.15) is 0 Å². The molecule has 0 bridgehead atoms. The second-order valence-electron chi connectivity index (χ2n) is 18.0. The Morgan fingerprint density at radius 2 is 0.775 bits per heavy atom. The number of hydrogen-bond acceptors (Lipinski definition) is 15. The number of carbonyl (C=O) groups excluding carboxylic acids is 2. The molecule has 0 aromatic carbocycles. The topological polar surface area (TPSA) is 349 Å². The highest BCUT2D eigenvalue weighted by atomic mass is 31.2. The summed E-state index contributed by atoms with van der Waals surface area (Å²) in [4.78, 5) is 92.9. The first kappa shape index (κ1) is 67.8. The van der Waals surface area contributed by atoms with Crippen molar-refractivity contribution in [2.24, 2.45) is 0 Å². The third-order valence-corrected chi connectivity index (χ3v) is 14.0. The zero-order valence-corrected chi connectivity index (χ0v) is 45.3. The summed E-state index contributed by atoms with van der Waals surface area (Å²) in [7, 11) is -23.0. The number of hydrogen-bond donors (Lipinski definition) is 9. The molecule has 1 aliphatic rings.